The van der Waals surface area contributed by atoms with Crippen molar-refractivity contribution in [1.82, 2.24) is 9.88 Å². The lowest BCUT2D eigenvalue weighted by atomic mass is 10.1. The van der Waals surface area contributed by atoms with E-state index < -0.39 is 0 Å². The van der Waals surface area contributed by atoms with Crippen LogP contribution in [0.25, 0.3) is 0 Å². The second-order valence-electron chi connectivity index (χ2n) is 4.92. The van der Waals surface area contributed by atoms with Crippen LogP contribution in [0.1, 0.15) is 41.7 Å². The van der Waals surface area contributed by atoms with Crippen LogP contribution in [0.2, 0.25) is 0 Å². The molecule has 1 aromatic heterocycles. The van der Waals surface area contributed by atoms with Crippen molar-refractivity contribution in [2.24, 2.45) is 5.73 Å². The van der Waals surface area contributed by atoms with E-state index in [2.05, 4.69) is 4.98 Å². The highest BCUT2D eigenvalue weighted by molar-refractivity contribution is 5.94. The third-order valence-corrected chi connectivity index (χ3v) is 3.55. The number of hydrogen-bond acceptors (Lipinski definition) is 3. The van der Waals surface area contributed by atoms with Crippen LogP contribution >= 0.6 is 0 Å². The number of carbonyl (C=O) groups is 1. The zero-order valence-electron chi connectivity index (χ0n) is 10.9. The minimum Gasteiger partial charge on any atom is -0.334 e. The fraction of sp³-hybridized carbons (Fsp3) is 0.571. The molecular formula is C14H21N3O. The molecule has 1 aromatic rings. The lowest BCUT2D eigenvalue weighted by Crippen LogP contribution is -2.44. The van der Waals surface area contributed by atoms with Gasteiger partial charge in [-0.3, -0.25) is 9.78 Å². The van der Waals surface area contributed by atoms with Gasteiger partial charge >= 0.3 is 0 Å². The summed E-state index contributed by atoms with van der Waals surface area (Å²) in [5.74, 6) is 0.0952. The maximum atomic E-state index is 12.5. The van der Waals surface area contributed by atoms with Crippen molar-refractivity contribution >= 4 is 5.91 Å². The van der Waals surface area contributed by atoms with E-state index in [1.807, 2.05) is 17.9 Å². The SMILES string of the molecule is Cc1cc(C(=O)N2CCCCCC2CN)ccn1. The number of likely N-dealkylation sites (tertiary alicyclic amines) is 1. The first-order valence-electron chi connectivity index (χ1n) is 6.66. The summed E-state index contributed by atoms with van der Waals surface area (Å²) in [7, 11) is 0. The molecule has 0 aromatic carbocycles. The van der Waals surface area contributed by atoms with Crippen LogP contribution in [0.4, 0.5) is 0 Å². The molecule has 18 heavy (non-hydrogen) atoms. The molecule has 1 atom stereocenters. The van der Waals surface area contributed by atoms with Crippen molar-refractivity contribution in [3.05, 3.63) is 29.6 Å². The number of aryl methyl sites for hydroxylation is 1. The summed E-state index contributed by atoms with van der Waals surface area (Å²) >= 11 is 0. The Morgan fingerprint density at radius 3 is 3.06 bits per heavy atom. The van der Waals surface area contributed by atoms with E-state index in [4.69, 9.17) is 5.73 Å². The predicted molar refractivity (Wildman–Crippen MR) is 71.3 cm³/mol. The maximum absolute atomic E-state index is 12.5. The molecule has 0 spiro atoms. The van der Waals surface area contributed by atoms with E-state index in [0.717, 1.165) is 30.6 Å². The first-order valence-corrected chi connectivity index (χ1v) is 6.66. The fourth-order valence-corrected chi connectivity index (χ4v) is 2.53. The molecule has 1 aliphatic heterocycles. The average Bonchev–Trinajstić information content (AvgIpc) is 2.62. The highest BCUT2D eigenvalue weighted by Gasteiger charge is 2.25. The molecule has 1 unspecified atom stereocenters. The molecule has 2 rings (SSSR count). The minimum absolute atomic E-state index is 0.0952. The first kappa shape index (κ1) is 13.0. The van der Waals surface area contributed by atoms with Gasteiger partial charge in [0.1, 0.15) is 0 Å². The van der Waals surface area contributed by atoms with Crippen LogP contribution in [0.15, 0.2) is 18.3 Å². The Morgan fingerprint density at radius 1 is 1.50 bits per heavy atom. The minimum atomic E-state index is 0.0952. The third kappa shape index (κ3) is 2.88. The third-order valence-electron chi connectivity index (χ3n) is 3.55. The monoisotopic (exact) mass is 247 g/mol. The second kappa shape index (κ2) is 5.96. The van der Waals surface area contributed by atoms with Gasteiger partial charge in [-0.25, -0.2) is 0 Å². The van der Waals surface area contributed by atoms with Crippen molar-refractivity contribution in [2.45, 2.75) is 38.6 Å². The number of carbonyl (C=O) groups excluding carboxylic acids is 1. The van der Waals surface area contributed by atoms with Crippen molar-refractivity contribution in [2.75, 3.05) is 13.1 Å². The number of pyridine rings is 1. The summed E-state index contributed by atoms with van der Waals surface area (Å²) in [6.07, 6.45) is 6.15. The van der Waals surface area contributed by atoms with E-state index in [9.17, 15) is 4.79 Å². The van der Waals surface area contributed by atoms with Crippen molar-refractivity contribution in [3.8, 4) is 0 Å². The second-order valence-corrected chi connectivity index (χ2v) is 4.92. The van der Waals surface area contributed by atoms with Gasteiger partial charge in [-0.15, -0.1) is 0 Å². The van der Waals surface area contributed by atoms with Gasteiger partial charge in [-0.05, 0) is 31.9 Å². The lowest BCUT2D eigenvalue weighted by molar-refractivity contribution is 0.0689. The molecule has 2 heterocycles. The van der Waals surface area contributed by atoms with Crippen LogP contribution in [0.5, 0.6) is 0 Å². The molecule has 0 bridgehead atoms. The summed E-state index contributed by atoms with van der Waals surface area (Å²) in [5.41, 5.74) is 7.40. The standard InChI is InChI=1S/C14H21N3O/c1-11-9-12(6-7-16-11)14(18)17-8-4-2-3-5-13(17)10-15/h6-7,9,13H,2-5,8,10,15H2,1H3. The predicted octanol–water partition coefficient (Wildman–Crippen LogP) is 1.73. The average molecular weight is 247 g/mol. The molecule has 98 valence electrons. The van der Waals surface area contributed by atoms with Crippen molar-refractivity contribution < 1.29 is 4.79 Å². The Balaban J connectivity index is 2.19. The van der Waals surface area contributed by atoms with Crippen LogP contribution in [0.3, 0.4) is 0 Å². The molecule has 2 N–H and O–H groups in total. The van der Waals surface area contributed by atoms with Crippen LogP contribution in [0, 0.1) is 6.92 Å². The van der Waals surface area contributed by atoms with Gasteiger partial charge in [0.25, 0.3) is 5.91 Å². The summed E-state index contributed by atoms with van der Waals surface area (Å²) in [5, 5.41) is 0. The quantitative estimate of drug-likeness (QED) is 0.866. The number of nitrogens with two attached hydrogens (primary N) is 1. The molecule has 1 fully saturated rings. The van der Waals surface area contributed by atoms with E-state index in [1.54, 1.807) is 12.3 Å². The van der Waals surface area contributed by atoms with Gasteiger partial charge in [0.2, 0.25) is 0 Å². The Bertz CT molecular complexity index is 419. The number of nitrogens with zero attached hydrogens (tertiary/aromatic N) is 2. The smallest absolute Gasteiger partial charge is 0.254 e. The van der Waals surface area contributed by atoms with Gasteiger partial charge in [0, 0.05) is 36.6 Å². The highest BCUT2D eigenvalue weighted by Crippen LogP contribution is 2.18. The first-order chi connectivity index (χ1) is 8.72. The molecule has 4 nitrogen and oxygen atoms in total. The number of amides is 1. The lowest BCUT2D eigenvalue weighted by Gasteiger charge is -2.29. The van der Waals surface area contributed by atoms with E-state index in [0.29, 0.717) is 6.54 Å². The van der Waals surface area contributed by atoms with Gasteiger partial charge < -0.3 is 10.6 Å². The number of aromatic nitrogens is 1. The molecule has 1 saturated heterocycles. The van der Waals surface area contributed by atoms with E-state index >= 15 is 0 Å². The molecule has 0 radical (unpaired) electrons. The van der Waals surface area contributed by atoms with Crippen molar-refractivity contribution in [1.29, 1.82) is 0 Å². The number of hydrogen-bond donors (Lipinski definition) is 1. The molecule has 1 amide bonds. The Kier molecular flexibility index (Phi) is 4.31. The Morgan fingerprint density at radius 2 is 2.33 bits per heavy atom. The van der Waals surface area contributed by atoms with E-state index in [1.165, 1.54) is 12.8 Å². The summed E-state index contributed by atoms with van der Waals surface area (Å²) in [6, 6.07) is 3.82. The fourth-order valence-electron chi connectivity index (χ4n) is 2.53. The topological polar surface area (TPSA) is 59.2 Å². The molecule has 1 aliphatic rings. The van der Waals surface area contributed by atoms with Crippen LogP contribution in [-0.2, 0) is 0 Å². The Hall–Kier alpha value is -1.42. The largest absolute Gasteiger partial charge is 0.334 e. The Labute approximate surface area is 108 Å². The maximum Gasteiger partial charge on any atom is 0.254 e. The number of rotatable bonds is 2. The summed E-state index contributed by atoms with van der Waals surface area (Å²) in [4.78, 5) is 18.6. The van der Waals surface area contributed by atoms with Crippen LogP contribution in [-0.4, -0.2) is 34.9 Å². The molecular weight excluding hydrogens is 226 g/mol. The molecule has 4 heteroatoms. The zero-order valence-corrected chi connectivity index (χ0v) is 10.9. The van der Waals surface area contributed by atoms with Gasteiger partial charge in [-0.2, -0.15) is 0 Å². The normalized spacial score (nSPS) is 20.6. The van der Waals surface area contributed by atoms with Gasteiger partial charge in [-0.1, -0.05) is 12.8 Å². The molecule has 0 saturated carbocycles. The molecule has 0 aliphatic carbocycles. The van der Waals surface area contributed by atoms with Crippen LogP contribution < -0.4 is 5.73 Å². The van der Waals surface area contributed by atoms with Gasteiger partial charge in [0.15, 0.2) is 0 Å². The van der Waals surface area contributed by atoms with Gasteiger partial charge in [0.05, 0.1) is 0 Å². The van der Waals surface area contributed by atoms with E-state index in [-0.39, 0.29) is 11.9 Å². The highest BCUT2D eigenvalue weighted by atomic mass is 16.2. The summed E-state index contributed by atoms with van der Waals surface area (Å²) < 4.78 is 0. The summed E-state index contributed by atoms with van der Waals surface area (Å²) in [6.45, 7) is 3.28. The van der Waals surface area contributed by atoms with Crippen molar-refractivity contribution in [3.63, 3.8) is 0 Å². The zero-order chi connectivity index (χ0) is 13.0.